The minimum absolute atomic E-state index is 0.0314. The summed E-state index contributed by atoms with van der Waals surface area (Å²) in [6.45, 7) is 3.90. The lowest BCUT2D eigenvalue weighted by Gasteiger charge is -2.18. The number of hydrogen-bond acceptors (Lipinski definition) is 6. The third-order valence-corrected chi connectivity index (χ3v) is 4.55. The van der Waals surface area contributed by atoms with Gasteiger partial charge in [0.2, 0.25) is 0 Å². The number of nitrogens with zero attached hydrogens (tertiary/aromatic N) is 1. The summed E-state index contributed by atoms with van der Waals surface area (Å²) in [5, 5.41) is 13.9. The largest absolute Gasteiger partial charge is 0.490 e. The summed E-state index contributed by atoms with van der Waals surface area (Å²) in [5.41, 5.74) is 0.728. The molecule has 2 atom stereocenters. The van der Waals surface area contributed by atoms with Crippen molar-refractivity contribution in [1.82, 2.24) is 5.32 Å². The van der Waals surface area contributed by atoms with Crippen molar-refractivity contribution in [2.75, 3.05) is 13.7 Å². The van der Waals surface area contributed by atoms with Gasteiger partial charge in [-0.2, -0.15) is 0 Å². The monoisotopic (exact) mass is 400 g/mol. The molecule has 0 radical (unpaired) electrons. The maximum Gasteiger partial charge on any atom is 0.339 e. The minimum atomic E-state index is -1.04. The molecule has 0 heterocycles. The van der Waals surface area contributed by atoms with Crippen molar-refractivity contribution in [2.24, 2.45) is 0 Å². The van der Waals surface area contributed by atoms with Crippen LogP contribution in [0.25, 0.3) is 0 Å². The average molecular weight is 400 g/mol. The minimum Gasteiger partial charge on any atom is -0.490 e. The van der Waals surface area contributed by atoms with E-state index < -0.39 is 22.9 Å². The van der Waals surface area contributed by atoms with Gasteiger partial charge in [-0.05, 0) is 31.0 Å². The Kier molecular flexibility index (Phi) is 7.70. The number of carbonyl (C=O) groups excluding carboxylic acids is 2. The molecule has 1 N–H and O–H groups in total. The lowest BCUT2D eigenvalue weighted by molar-refractivity contribution is -0.385. The first-order valence-electron chi connectivity index (χ1n) is 9.23. The number of carbonyl (C=O) groups is 2. The number of amides is 1. The van der Waals surface area contributed by atoms with Gasteiger partial charge in [0.05, 0.1) is 17.6 Å². The number of nitrogens with one attached hydrogen (secondary N) is 1. The second-order valence-corrected chi connectivity index (χ2v) is 6.45. The highest BCUT2D eigenvalue weighted by molar-refractivity contribution is 5.93. The Bertz CT molecular complexity index is 869. The molecular weight excluding hydrogens is 376 g/mol. The van der Waals surface area contributed by atoms with E-state index in [1.54, 1.807) is 0 Å². The van der Waals surface area contributed by atoms with Gasteiger partial charge in [-0.3, -0.25) is 14.9 Å². The molecule has 1 amide bonds. The summed E-state index contributed by atoms with van der Waals surface area (Å²) in [6, 6.07) is 13.5. The Morgan fingerprint density at radius 2 is 1.86 bits per heavy atom. The van der Waals surface area contributed by atoms with Gasteiger partial charge in [-0.25, -0.2) is 4.79 Å². The molecule has 0 aromatic heterocycles. The third-order valence-electron chi connectivity index (χ3n) is 4.55. The highest BCUT2D eigenvalue weighted by Crippen LogP contribution is 2.28. The van der Waals surface area contributed by atoms with Gasteiger partial charge in [-0.1, -0.05) is 37.3 Å². The molecule has 0 fully saturated rings. The van der Waals surface area contributed by atoms with Crippen molar-refractivity contribution in [2.45, 2.75) is 32.3 Å². The van der Waals surface area contributed by atoms with E-state index in [0.29, 0.717) is 6.54 Å². The van der Waals surface area contributed by atoms with E-state index in [9.17, 15) is 19.7 Å². The fourth-order valence-electron chi connectivity index (χ4n) is 2.83. The zero-order valence-electron chi connectivity index (χ0n) is 16.6. The molecule has 2 aromatic rings. The van der Waals surface area contributed by atoms with Crippen LogP contribution in [-0.2, 0) is 9.53 Å². The van der Waals surface area contributed by atoms with Gasteiger partial charge in [-0.15, -0.1) is 0 Å². The first-order chi connectivity index (χ1) is 13.9. The highest BCUT2D eigenvalue weighted by Gasteiger charge is 2.23. The zero-order chi connectivity index (χ0) is 21.4. The predicted octanol–water partition coefficient (Wildman–Crippen LogP) is 3.46. The number of methoxy groups -OCH3 is 1. The van der Waals surface area contributed by atoms with Gasteiger partial charge in [0.1, 0.15) is 0 Å². The molecule has 0 bridgehead atoms. The van der Waals surface area contributed by atoms with Gasteiger partial charge in [0, 0.05) is 18.5 Å². The number of esters is 1. The highest BCUT2D eigenvalue weighted by atomic mass is 16.6. The SMILES string of the molecule is CC[C@H](CNC(=O)[C@@H](C)OC(=O)c1ccc(OC)c([N+](=O)[O-])c1)c1ccccc1. The van der Waals surface area contributed by atoms with Gasteiger partial charge in [0.15, 0.2) is 11.9 Å². The molecular formula is C21H24N2O6. The van der Waals surface area contributed by atoms with Crippen LogP contribution in [0.3, 0.4) is 0 Å². The fraction of sp³-hybridized carbons (Fsp3) is 0.333. The molecule has 0 aliphatic carbocycles. The number of rotatable bonds is 9. The summed E-state index contributed by atoms with van der Waals surface area (Å²) in [7, 11) is 1.30. The maximum absolute atomic E-state index is 12.3. The summed E-state index contributed by atoms with van der Waals surface area (Å²) in [4.78, 5) is 35.0. The molecule has 2 rings (SSSR count). The summed E-state index contributed by atoms with van der Waals surface area (Å²) in [5.74, 6) is -1.08. The number of nitro groups is 1. The Labute approximate surface area is 169 Å². The number of hydrogen-bond donors (Lipinski definition) is 1. The predicted molar refractivity (Wildman–Crippen MR) is 107 cm³/mol. The molecule has 0 spiro atoms. The van der Waals surface area contributed by atoms with E-state index >= 15 is 0 Å². The normalized spacial score (nSPS) is 12.5. The molecule has 0 aliphatic rings. The molecule has 29 heavy (non-hydrogen) atoms. The molecule has 8 nitrogen and oxygen atoms in total. The van der Waals surface area contributed by atoms with E-state index in [2.05, 4.69) is 5.32 Å². The van der Waals surface area contributed by atoms with E-state index in [1.807, 2.05) is 37.3 Å². The molecule has 0 aliphatic heterocycles. The van der Waals surface area contributed by atoms with Crippen LogP contribution in [0.4, 0.5) is 5.69 Å². The van der Waals surface area contributed by atoms with Crippen LogP contribution in [0.2, 0.25) is 0 Å². The maximum atomic E-state index is 12.3. The van der Waals surface area contributed by atoms with Crippen LogP contribution >= 0.6 is 0 Å². The molecule has 0 saturated carbocycles. The Morgan fingerprint density at radius 3 is 2.45 bits per heavy atom. The van der Waals surface area contributed by atoms with Gasteiger partial charge < -0.3 is 14.8 Å². The van der Waals surface area contributed by atoms with Gasteiger partial charge in [0.25, 0.3) is 5.91 Å². The van der Waals surface area contributed by atoms with Crippen LogP contribution in [0, 0.1) is 10.1 Å². The second kappa shape index (κ2) is 10.2. The van der Waals surface area contributed by atoms with Gasteiger partial charge >= 0.3 is 11.7 Å². The summed E-state index contributed by atoms with van der Waals surface area (Å²) < 4.78 is 10.1. The van der Waals surface area contributed by atoms with E-state index in [4.69, 9.17) is 9.47 Å². The van der Waals surface area contributed by atoms with Crippen molar-refractivity contribution in [3.8, 4) is 5.75 Å². The van der Waals surface area contributed by atoms with Crippen molar-refractivity contribution in [3.05, 3.63) is 69.8 Å². The van der Waals surface area contributed by atoms with E-state index in [1.165, 1.54) is 26.2 Å². The van der Waals surface area contributed by atoms with Crippen LogP contribution in [0.15, 0.2) is 48.5 Å². The van der Waals surface area contributed by atoms with Crippen LogP contribution in [-0.4, -0.2) is 36.6 Å². The molecule has 0 saturated heterocycles. The third kappa shape index (κ3) is 5.78. The van der Waals surface area contributed by atoms with Crippen LogP contribution in [0.5, 0.6) is 5.75 Å². The van der Waals surface area contributed by atoms with Crippen LogP contribution < -0.4 is 10.1 Å². The lowest BCUT2D eigenvalue weighted by Crippen LogP contribution is -2.38. The lowest BCUT2D eigenvalue weighted by atomic mass is 9.96. The average Bonchev–Trinajstić information content (AvgIpc) is 2.74. The molecule has 0 unspecified atom stereocenters. The zero-order valence-corrected chi connectivity index (χ0v) is 16.6. The number of benzene rings is 2. The van der Waals surface area contributed by atoms with Crippen molar-refractivity contribution >= 4 is 17.6 Å². The standard InChI is InChI=1S/C21H24N2O6/c1-4-15(16-8-6-5-7-9-16)13-22-20(24)14(2)29-21(25)17-10-11-19(28-3)18(12-17)23(26)27/h5-12,14-15H,4,13H2,1-3H3,(H,22,24)/t14-,15-/m1/s1. The quantitative estimate of drug-likeness (QED) is 0.392. The second-order valence-electron chi connectivity index (χ2n) is 6.45. The van der Waals surface area contributed by atoms with Crippen molar-refractivity contribution in [1.29, 1.82) is 0 Å². The Hall–Kier alpha value is -3.42. The Balaban J connectivity index is 1.97. The Morgan fingerprint density at radius 1 is 1.17 bits per heavy atom. The van der Waals surface area contributed by atoms with Crippen molar-refractivity contribution in [3.63, 3.8) is 0 Å². The fourth-order valence-corrected chi connectivity index (χ4v) is 2.83. The summed E-state index contributed by atoms with van der Waals surface area (Å²) in [6.07, 6.45) is -0.203. The smallest absolute Gasteiger partial charge is 0.339 e. The molecule has 154 valence electrons. The summed E-state index contributed by atoms with van der Waals surface area (Å²) >= 11 is 0. The first-order valence-corrected chi connectivity index (χ1v) is 9.23. The van der Waals surface area contributed by atoms with E-state index in [0.717, 1.165) is 18.1 Å². The van der Waals surface area contributed by atoms with Crippen LogP contribution in [0.1, 0.15) is 42.1 Å². The van der Waals surface area contributed by atoms with E-state index in [-0.39, 0.29) is 22.9 Å². The molecule has 2 aromatic carbocycles. The molecule has 8 heteroatoms. The van der Waals surface area contributed by atoms with Crippen molar-refractivity contribution < 1.29 is 24.0 Å². The topological polar surface area (TPSA) is 108 Å². The number of nitro benzene ring substituents is 1. The first kappa shape index (κ1) is 21.9. The number of ether oxygens (including phenoxy) is 2.